The van der Waals surface area contributed by atoms with Crippen molar-refractivity contribution in [3.8, 4) is 0 Å². The van der Waals surface area contributed by atoms with Crippen LogP contribution in [0.4, 0.5) is 4.39 Å². The van der Waals surface area contributed by atoms with E-state index in [2.05, 4.69) is 0 Å². The van der Waals surface area contributed by atoms with Crippen molar-refractivity contribution >= 4 is 80.6 Å². The van der Waals surface area contributed by atoms with Crippen molar-refractivity contribution in [1.82, 2.24) is 0 Å². The maximum absolute atomic E-state index is 12.7. The normalized spacial score (nSPS) is 9.15. The Morgan fingerprint density at radius 3 is 2.31 bits per heavy atom. The van der Waals surface area contributed by atoms with Crippen LogP contribution in [0.3, 0.4) is 0 Å². The second kappa shape index (κ2) is 5.65. The SMILES string of the molecule is O=C(O)c1cc(F)c(Cl)cc1Cl.[K]. The van der Waals surface area contributed by atoms with Gasteiger partial charge >= 0.3 is 5.97 Å². The van der Waals surface area contributed by atoms with Gasteiger partial charge in [0.2, 0.25) is 0 Å². The second-order valence-electron chi connectivity index (χ2n) is 2.05. The van der Waals surface area contributed by atoms with E-state index in [1.54, 1.807) is 0 Å². The van der Waals surface area contributed by atoms with Crippen LogP contribution in [0.2, 0.25) is 10.0 Å². The predicted molar refractivity (Wildman–Crippen MR) is 49.1 cm³/mol. The van der Waals surface area contributed by atoms with Gasteiger partial charge in [-0.25, -0.2) is 9.18 Å². The molecule has 0 aromatic heterocycles. The molecule has 13 heavy (non-hydrogen) atoms. The Kier molecular flexibility index (Phi) is 6.02. The van der Waals surface area contributed by atoms with Crippen LogP contribution in [0.5, 0.6) is 0 Å². The molecule has 6 heteroatoms. The van der Waals surface area contributed by atoms with Crippen molar-refractivity contribution in [1.29, 1.82) is 0 Å². The Balaban J connectivity index is 0.00000144. The number of aromatic carboxylic acids is 1. The monoisotopic (exact) mass is 247 g/mol. The molecule has 0 fully saturated rings. The zero-order chi connectivity index (χ0) is 9.30. The van der Waals surface area contributed by atoms with E-state index in [-0.39, 0.29) is 67.0 Å². The summed E-state index contributed by atoms with van der Waals surface area (Å²) >= 11 is 10.8. The van der Waals surface area contributed by atoms with Gasteiger partial charge in [-0.15, -0.1) is 0 Å². The van der Waals surface area contributed by atoms with E-state index in [0.29, 0.717) is 0 Å². The molecule has 0 heterocycles. The third-order valence-electron chi connectivity index (χ3n) is 1.24. The van der Waals surface area contributed by atoms with Crippen molar-refractivity contribution < 1.29 is 14.3 Å². The Morgan fingerprint density at radius 2 is 1.85 bits per heavy atom. The number of carboxylic acid groups (broad SMARTS) is 1. The second-order valence-corrected chi connectivity index (χ2v) is 2.87. The van der Waals surface area contributed by atoms with Crippen molar-refractivity contribution in [2.75, 3.05) is 0 Å². The first-order valence-corrected chi connectivity index (χ1v) is 3.66. The molecule has 0 saturated heterocycles. The average molecular weight is 248 g/mol. The molecule has 1 aromatic rings. The van der Waals surface area contributed by atoms with Gasteiger partial charge in [-0.2, -0.15) is 0 Å². The first-order valence-electron chi connectivity index (χ1n) is 2.90. The van der Waals surface area contributed by atoms with E-state index in [4.69, 9.17) is 28.3 Å². The van der Waals surface area contributed by atoms with Crippen molar-refractivity contribution in [3.63, 3.8) is 0 Å². The fraction of sp³-hybridized carbons (Fsp3) is 0. The first-order chi connectivity index (χ1) is 5.52. The molecular formula is C7H3Cl2FKO2. The largest absolute Gasteiger partial charge is 0.478 e. The van der Waals surface area contributed by atoms with Crippen molar-refractivity contribution in [2.45, 2.75) is 0 Å². The van der Waals surface area contributed by atoms with E-state index in [9.17, 15) is 9.18 Å². The van der Waals surface area contributed by atoms with E-state index in [1.165, 1.54) is 0 Å². The Labute approximate surface area is 126 Å². The average Bonchev–Trinajstić information content (AvgIpc) is 1.96. The summed E-state index contributed by atoms with van der Waals surface area (Å²) in [6.45, 7) is 0. The summed E-state index contributed by atoms with van der Waals surface area (Å²) < 4.78 is 12.7. The topological polar surface area (TPSA) is 37.3 Å². The minimum absolute atomic E-state index is 0. The van der Waals surface area contributed by atoms with Crippen LogP contribution in [-0.2, 0) is 0 Å². The molecule has 0 unspecified atom stereocenters. The predicted octanol–water partition coefficient (Wildman–Crippen LogP) is 2.45. The summed E-state index contributed by atoms with van der Waals surface area (Å²) in [6.07, 6.45) is 0. The molecule has 0 atom stereocenters. The van der Waals surface area contributed by atoms with E-state index in [0.717, 1.165) is 12.1 Å². The van der Waals surface area contributed by atoms with Gasteiger partial charge in [-0.1, -0.05) is 23.2 Å². The maximum Gasteiger partial charge on any atom is 0.337 e. The zero-order valence-electron chi connectivity index (χ0n) is 6.64. The van der Waals surface area contributed by atoms with Gasteiger partial charge in [0.05, 0.1) is 15.6 Å². The molecule has 1 N–H and O–H groups in total. The quantitative estimate of drug-likeness (QED) is 0.612. The Hall–Kier alpha value is 0.836. The third-order valence-corrected chi connectivity index (χ3v) is 1.84. The maximum atomic E-state index is 12.7. The number of benzene rings is 1. The molecular weight excluding hydrogens is 245 g/mol. The minimum atomic E-state index is -1.28. The fourth-order valence-electron chi connectivity index (χ4n) is 0.686. The van der Waals surface area contributed by atoms with Gasteiger partial charge in [-0.3, -0.25) is 0 Å². The first kappa shape index (κ1) is 13.8. The van der Waals surface area contributed by atoms with E-state index in [1.807, 2.05) is 0 Å². The minimum Gasteiger partial charge on any atom is -0.478 e. The van der Waals surface area contributed by atoms with Gasteiger partial charge in [-0.05, 0) is 12.1 Å². The van der Waals surface area contributed by atoms with Crippen LogP contribution < -0.4 is 0 Å². The smallest absolute Gasteiger partial charge is 0.337 e. The van der Waals surface area contributed by atoms with Gasteiger partial charge in [0.25, 0.3) is 0 Å². The number of halogens is 3. The molecule has 0 bridgehead atoms. The van der Waals surface area contributed by atoms with Crippen molar-refractivity contribution in [3.05, 3.63) is 33.6 Å². The molecule has 65 valence electrons. The summed E-state index contributed by atoms with van der Waals surface area (Å²) in [4.78, 5) is 10.4. The van der Waals surface area contributed by atoms with Crippen LogP contribution in [-0.4, -0.2) is 62.5 Å². The summed E-state index contributed by atoms with van der Waals surface area (Å²) in [5, 5.41) is 8.22. The number of rotatable bonds is 1. The summed E-state index contributed by atoms with van der Waals surface area (Å²) in [5.74, 6) is -2.07. The molecule has 0 aliphatic heterocycles. The fourth-order valence-corrected chi connectivity index (χ4v) is 1.15. The molecule has 1 rings (SSSR count). The molecule has 1 radical (unpaired) electrons. The number of hydrogen-bond donors (Lipinski definition) is 1. The van der Waals surface area contributed by atoms with Crippen LogP contribution in [0.15, 0.2) is 12.1 Å². The van der Waals surface area contributed by atoms with Gasteiger partial charge < -0.3 is 5.11 Å². The molecule has 1 aromatic carbocycles. The molecule has 0 aliphatic carbocycles. The summed E-state index contributed by atoms with van der Waals surface area (Å²) in [6, 6.07) is 1.84. The Morgan fingerprint density at radius 1 is 1.31 bits per heavy atom. The third kappa shape index (κ3) is 3.47. The van der Waals surface area contributed by atoms with Crippen molar-refractivity contribution in [2.24, 2.45) is 0 Å². The molecule has 0 spiro atoms. The number of hydrogen-bond acceptors (Lipinski definition) is 1. The molecule has 0 aliphatic rings. The summed E-state index contributed by atoms with van der Waals surface area (Å²) in [7, 11) is 0. The van der Waals surface area contributed by atoms with E-state index >= 15 is 0 Å². The molecule has 0 saturated carbocycles. The van der Waals surface area contributed by atoms with Gasteiger partial charge in [0.15, 0.2) is 0 Å². The van der Waals surface area contributed by atoms with Crippen LogP contribution >= 0.6 is 23.2 Å². The Bertz CT molecular complexity index is 344. The van der Waals surface area contributed by atoms with Crippen LogP contribution in [0.1, 0.15) is 10.4 Å². The number of carboxylic acids is 1. The van der Waals surface area contributed by atoms with Gasteiger partial charge in [0, 0.05) is 51.4 Å². The van der Waals surface area contributed by atoms with E-state index < -0.39 is 11.8 Å². The standard InChI is InChI=1S/C7H3Cl2FO2.K/c8-4-2-5(9)6(10)1-3(4)7(11)12;/h1-2H,(H,11,12);. The molecule has 0 amide bonds. The van der Waals surface area contributed by atoms with Crippen LogP contribution in [0, 0.1) is 5.82 Å². The van der Waals surface area contributed by atoms with Gasteiger partial charge in [0.1, 0.15) is 5.82 Å². The zero-order valence-corrected chi connectivity index (χ0v) is 11.3. The molecule has 2 nitrogen and oxygen atoms in total. The van der Waals surface area contributed by atoms with Crippen LogP contribution in [0.25, 0.3) is 0 Å². The number of carbonyl (C=O) groups is 1. The summed E-state index contributed by atoms with van der Waals surface area (Å²) in [5.41, 5.74) is -0.293.